The SMILES string of the molecule is BC(B)(B)c1nc2ccccc2n1-c1c2ccccc2c(-c2ccc3oc4ccccc4c3c2)c2ccccc12. The van der Waals surface area contributed by atoms with Crippen molar-refractivity contribution in [3.63, 3.8) is 0 Å². The number of hydrogen-bond acceptors (Lipinski definition) is 2. The van der Waals surface area contributed by atoms with Gasteiger partial charge in [-0.2, -0.15) is 0 Å². The molecule has 8 rings (SSSR count). The molecule has 0 aliphatic carbocycles. The van der Waals surface area contributed by atoms with Gasteiger partial charge < -0.3 is 4.42 Å². The van der Waals surface area contributed by atoms with E-state index in [1.165, 1.54) is 38.4 Å². The van der Waals surface area contributed by atoms with E-state index in [2.05, 4.69) is 131 Å². The van der Waals surface area contributed by atoms with Crippen molar-refractivity contribution in [3.8, 4) is 16.8 Å². The molecule has 2 aromatic heterocycles. The van der Waals surface area contributed by atoms with Gasteiger partial charge in [-0.25, -0.2) is 4.98 Å². The average Bonchev–Trinajstić information content (AvgIpc) is 3.54. The van der Waals surface area contributed by atoms with Gasteiger partial charge in [-0.05, 0) is 52.2 Å². The molecule has 0 amide bonds. The van der Waals surface area contributed by atoms with Crippen molar-refractivity contribution in [2.75, 3.05) is 0 Å². The molecule has 40 heavy (non-hydrogen) atoms. The maximum Gasteiger partial charge on any atom is 0.135 e. The average molecular weight is 510 g/mol. The Kier molecular flexibility index (Phi) is 4.88. The summed E-state index contributed by atoms with van der Waals surface area (Å²) in [6, 6.07) is 41.0. The van der Waals surface area contributed by atoms with Crippen molar-refractivity contribution >= 4 is 78.1 Å². The van der Waals surface area contributed by atoms with Crippen LogP contribution in [0.2, 0.25) is 0 Å². The van der Waals surface area contributed by atoms with Crippen LogP contribution in [0.25, 0.3) is 71.3 Å². The zero-order chi connectivity index (χ0) is 27.0. The van der Waals surface area contributed by atoms with Gasteiger partial charge in [0, 0.05) is 21.5 Å². The lowest BCUT2D eigenvalue weighted by Gasteiger charge is -2.24. The Balaban J connectivity index is 1.53. The first-order valence-corrected chi connectivity index (χ1v) is 13.8. The van der Waals surface area contributed by atoms with Crippen molar-refractivity contribution in [1.82, 2.24) is 9.55 Å². The summed E-state index contributed by atoms with van der Waals surface area (Å²) >= 11 is 0. The summed E-state index contributed by atoms with van der Waals surface area (Å²) in [5.41, 5.74) is 7.58. The van der Waals surface area contributed by atoms with Crippen molar-refractivity contribution in [1.29, 1.82) is 0 Å². The number of furan rings is 1. The lowest BCUT2D eigenvalue weighted by Crippen LogP contribution is -2.31. The molecule has 3 nitrogen and oxygen atoms in total. The van der Waals surface area contributed by atoms with Gasteiger partial charge in [-0.1, -0.05) is 90.0 Å². The van der Waals surface area contributed by atoms with Crippen molar-refractivity contribution in [2.45, 2.75) is 5.11 Å². The van der Waals surface area contributed by atoms with E-state index in [-0.39, 0.29) is 5.11 Å². The van der Waals surface area contributed by atoms with Crippen LogP contribution in [0.3, 0.4) is 0 Å². The van der Waals surface area contributed by atoms with E-state index in [0.717, 1.165) is 38.8 Å². The number of hydrogen-bond donors (Lipinski definition) is 0. The number of imidazole rings is 1. The Hall–Kier alpha value is -4.70. The fourth-order valence-corrected chi connectivity index (χ4v) is 6.29. The van der Waals surface area contributed by atoms with E-state index in [4.69, 9.17) is 9.40 Å². The fourth-order valence-electron chi connectivity index (χ4n) is 6.29. The number of aromatic nitrogens is 2. The molecule has 0 saturated carbocycles. The van der Waals surface area contributed by atoms with Gasteiger partial charge in [-0.15, -0.1) is 0 Å². The number of fused-ring (bicyclic) bond motifs is 6. The van der Waals surface area contributed by atoms with Crippen LogP contribution in [0.15, 0.2) is 120 Å². The van der Waals surface area contributed by atoms with E-state index >= 15 is 0 Å². The Morgan fingerprint density at radius 1 is 0.575 bits per heavy atom. The molecule has 2 heterocycles. The highest BCUT2D eigenvalue weighted by atomic mass is 16.3. The van der Waals surface area contributed by atoms with Gasteiger partial charge in [-0.3, -0.25) is 4.57 Å². The molecule has 0 bridgehead atoms. The van der Waals surface area contributed by atoms with Crippen LogP contribution in [-0.2, 0) is 5.11 Å². The molecule has 6 heteroatoms. The summed E-state index contributed by atoms with van der Waals surface area (Å²) in [7, 11) is 6.73. The third-order valence-corrected chi connectivity index (χ3v) is 8.02. The number of benzene rings is 6. The standard InChI is InChI=1S/C34H25B3N2O/c35-34(36,37)33-38-27-14-6-7-15-28(27)39(33)32-24-12-3-1-10-22(24)31(23-11-2-4-13-25(23)32)20-17-18-30-26(19-20)21-9-5-8-16-29(21)40-30/h1-19H,35-37H2. The van der Waals surface area contributed by atoms with Gasteiger partial charge >= 0.3 is 0 Å². The van der Waals surface area contributed by atoms with Crippen molar-refractivity contribution < 1.29 is 4.42 Å². The predicted octanol–water partition coefficient (Wildman–Crippen LogP) is 5.91. The number of rotatable bonds is 3. The van der Waals surface area contributed by atoms with E-state index in [1.807, 2.05) is 12.1 Å². The molecule has 0 aliphatic heterocycles. The highest BCUT2D eigenvalue weighted by Gasteiger charge is 2.26. The lowest BCUT2D eigenvalue weighted by molar-refractivity contribution is 0.669. The molecule has 0 N–H and O–H groups in total. The first kappa shape index (κ1) is 23.2. The van der Waals surface area contributed by atoms with Gasteiger partial charge in [0.25, 0.3) is 0 Å². The molecule has 6 aromatic carbocycles. The zero-order valence-corrected chi connectivity index (χ0v) is 22.8. The smallest absolute Gasteiger partial charge is 0.135 e. The maximum atomic E-state index is 6.16. The summed E-state index contributed by atoms with van der Waals surface area (Å²) in [5, 5.41) is 7.00. The second-order valence-electron chi connectivity index (χ2n) is 11.6. The molecule has 0 aliphatic rings. The minimum absolute atomic E-state index is 0.146. The highest BCUT2D eigenvalue weighted by molar-refractivity contribution is 6.58. The van der Waals surface area contributed by atoms with Gasteiger partial charge in [0.1, 0.15) is 11.2 Å². The molecule has 0 spiro atoms. The van der Waals surface area contributed by atoms with Crippen molar-refractivity contribution in [3.05, 3.63) is 121 Å². The second-order valence-corrected chi connectivity index (χ2v) is 11.6. The Labute approximate surface area is 234 Å². The molecule has 0 atom stereocenters. The van der Waals surface area contributed by atoms with E-state index in [1.54, 1.807) is 0 Å². The highest BCUT2D eigenvalue weighted by Crippen LogP contribution is 2.44. The third kappa shape index (κ3) is 3.32. The monoisotopic (exact) mass is 510 g/mol. The van der Waals surface area contributed by atoms with Crippen LogP contribution in [-0.4, -0.2) is 33.1 Å². The second kappa shape index (κ2) is 8.40. The van der Waals surface area contributed by atoms with Crippen LogP contribution in [0.4, 0.5) is 0 Å². The first-order valence-electron chi connectivity index (χ1n) is 13.8. The lowest BCUT2D eigenvalue weighted by atomic mass is 9.42. The Morgan fingerprint density at radius 3 is 1.85 bits per heavy atom. The normalized spacial score (nSPS) is 12.3. The minimum atomic E-state index is -0.146. The van der Waals surface area contributed by atoms with Crippen LogP contribution < -0.4 is 0 Å². The molecule has 8 aromatic rings. The van der Waals surface area contributed by atoms with Crippen molar-refractivity contribution in [2.24, 2.45) is 0 Å². The molecule has 186 valence electrons. The molecular weight excluding hydrogens is 485 g/mol. The van der Waals surface area contributed by atoms with E-state index in [9.17, 15) is 0 Å². The zero-order valence-electron chi connectivity index (χ0n) is 22.8. The van der Waals surface area contributed by atoms with Crippen LogP contribution in [0.1, 0.15) is 5.82 Å². The summed E-state index contributed by atoms with van der Waals surface area (Å²) in [5.74, 6) is 1.06. The molecule has 0 fully saturated rings. The largest absolute Gasteiger partial charge is 0.456 e. The molecule has 0 radical (unpaired) electrons. The predicted molar refractivity (Wildman–Crippen MR) is 176 cm³/mol. The Bertz CT molecular complexity index is 2220. The van der Waals surface area contributed by atoms with Crippen LogP contribution >= 0.6 is 0 Å². The number of para-hydroxylation sites is 3. The summed E-state index contributed by atoms with van der Waals surface area (Å²) in [4.78, 5) is 5.16. The first-order chi connectivity index (χ1) is 19.5. The molecular formula is C34H25B3N2O. The maximum absolute atomic E-state index is 6.16. The van der Waals surface area contributed by atoms with Crippen LogP contribution in [0.5, 0.6) is 0 Å². The molecule has 0 unspecified atom stereocenters. The minimum Gasteiger partial charge on any atom is -0.456 e. The number of nitrogens with zero attached hydrogens (tertiary/aromatic N) is 2. The fraction of sp³-hybridized carbons (Fsp3) is 0.0294. The summed E-state index contributed by atoms with van der Waals surface area (Å²) in [6.45, 7) is 0. The van der Waals surface area contributed by atoms with Gasteiger partial charge in [0.05, 0.1) is 46.1 Å². The third-order valence-electron chi connectivity index (χ3n) is 8.02. The molecule has 0 saturated heterocycles. The van der Waals surface area contributed by atoms with E-state index < -0.39 is 0 Å². The van der Waals surface area contributed by atoms with Gasteiger partial charge in [0.15, 0.2) is 0 Å². The Morgan fingerprint density at radius 2 is 1.15 bits per heavy atom. The quantitative estimate of drug-likeness (QED) is 0.219. The van der Waals surface area contributed by atoms with Gasteiger partial charge in [0.2, 0.25) is 0 Å². The topological polar surface area (TPSA) is 31.0 Å². The summed E-state index contributed by atoms with van der Waals surface area (Å²) < 4.78 is 8.56. The van der Waals surface area contributed by atoms with Crippen LogP contribution in [0, 0.1) is 0 Å². The van der Waals surface area contributed by atoms with E-state index in [0.29, 0.717) is 0 Å². The summed E-state index contributed by atoms with van der Waals surface area (Å²) in [6.07, 6.45) is 0.